The van der Waals surface area contributed by atoms with Gasteiger partial charge < -0.3 is 14.2 Å². The quantitative estimate of drug-likeness (QED) is 0.0261. The average molecular weight is 1070 g/mol. The normalized spacial score (nSPS) is 12.6. The molecule has 0 aliphatic rings. The highest BCUT2D eigenvalue weighted by Gasteiger charge is 2.19. The maximum absolute atomic E-state index is 12.9. The molecule has 0 saturated carbocycles. The summed E-state index contributed by atoms with van der Waals surface area (Å²) in [7, 11) is 0. The first-order valence-corrected chi connectivity index (χ1v) is 33.1. The molecule has 444 valence electrons. The third-order valence-electron chi connectivity index (χ3n) is 14.4. The Bertz CT molecular complexity index is 1470. The van der Waals surface area contributed by atoms with Crippen LogP contribution >= 0.6 is 0 Å². The predicted octanol–water partition coefficient (Wildman–Crippen LogP) is 22.7. The van der Waals surface area contributed by atoms with Crippen molar-refractivity contribution in [3.8, 4) is 0 Å². The number of esters is 3. The molecular weight excluding hydrogens is 949 g/mol. The molecule has 6 heteroatoms. The van der Waals surface area contributed by atoms with Gasteiger partial charge in [0.15, 0.2) is 6.10 Å². The van der Waals surface area contributed by atoms with Crippen LogP contribution in [0.25, 0.3) is 0 Å². The van der Waals surface area contributed by atoms with Crippen LogP contribution in [0.2, 0.25) is 0 Å². The summed E-state index contributed by atoms with van der Waals surface area (Å²) < 4.78 is 16.9. The van der Waals surface area contributed by atoms with E-state index in [0.717, 1.165) is 109 Å². The SMILES string of the molecule is CC/C=C\C/C=C\C/C=C\C/C=C\C/C=C\C/C=C\CCCCCCCCCCCCCCC(=O)OCC(COC(=O)CCCCCCCCCCCCCCCC)OC(=O)CCCCCCC/C=C\CCCCCCC. The van der Waals surface area contributed by atoms with E-state index in [0.29, 0.717) is 19.3 Å². The summed E-state index contributed by atoms with van der Waals surface area (Å²) >= 11 is 0. The number of hydrogen-bond donors (Lipinski definition) is 0. The molecule has 0 N–H and O–H groups in total. The van der Waals surface area contributed by atoms with E-state index in [1.807, 2.05) is 0 Å². The average Bonchev–Trinajstić information content (AvgIpc) is 3.43. The van der Waals surface area contributed by atoms with Crippen molar-refractivity contribution in [3.63, 3.8) is 0 Å². The van der Waals surface area contributed by atoms with Crippen molar-refractivity contribution >= 4 is 17.9 Å². The van der Waals surface area contributed by atoms with Crippen molar-refractivity contribution in [1.29, 1.82) is 0 Å². The first kappa shape index (κ1) is 73.6. The Labute approximate surface area is 477 Å². The van der Waals surface area contributed by atoms with E-state index in [2.05, 4.69) is 106 Å². The second kappa shape index (κ2) is 65.1. The van der Waals surface area contributed by atoms with Crippen LogP contribution in [0, 0.1) is 0 Å². The monoisotopic (exact) mass is 1070 g/mol. The van der Waals surface area contributed by atoms with Crippen molar-refractivity contribution in [2.24, 2.45) is 0 Å². The van der Waals surface area contributed by atoms with E-state index in [9.17, 15) is 14.4 Å². The number of carbonyl (C=O) groups excluding carboxylic acids is 3. The Balaban J connectivity index is 4.21. The number of unbranched alkanes of at least 4 members (excludes halogenated alkanes) is 35. The van der Waals surface area contributed by atoms with Gasteiger partial charge in [-0.3, -0.25) is 14.4 Å². The molecule has 0 aromatic carbocycles. The van der Waals surface area contributed by atoms with Gasteiger partial charge in [-0.2, -0.15) is 0 Å². The van der Waals surface area contributed by atoms with Crippen LogP contribution in [0.3, 0.4) is 0 Å². The summed E-state index contributed by atoms with van der Waals surface area (Å²) in [4.78, 5) is 38.3. The number of rotatable bonds is 60. The van der Waals surface area contributed by atoms with Crippen LogP contribution in [0.15, 0.2) is 85.1 Å². The minimum Gasteiger partial charge on any atom is -0.462 e. The zero-order valence-electron chi connectivity index (χ0n) is 51.0. The van der Waals surface area contributed by atoms with E-state index >= 15 is 0 Å². The number of allylic oxidation sites excluding steroid dienone is 14. The second-order valence-corrected chi connectivity index (χ2v) is 22.0. The van der Waals surface area contributed by atoms with E-state index in [1.54, 1.807) is 0 Å². The fourth-order valence-corrected chi connectivity index (χ4v) is 9.44. The summed E-state index contributed by atoms with van der Waals surface area (Å²) in [6.07, 6.45) is 86.0. The lowest BCUT2D eigenvalue weighted by atomic mass is 10.0. The van der Waals surface area contributed by atoms with Gasteiger partial charge >= 0.3 is 17.9 Å². The maximum Gasteiger partial charge on any atom is 0.306 e. The number of ether oxygens (including phenoxy) is 3. The van der Waals surface area contributed by atoms with Gasteiger partial charge in [0.1, 0.15) is 13.2 Å². The fourth-order valence-electron chi connectivity index (χ4n) is 9.44. The smallest absolute Gasteiger partial charge is 0.306 e. The van der Waals surface area contributed by atoms with Gasteiger partial charge in [-0.05, 0) is 96.3 Å². The molecule has 0 aromatic heterocycles. The highest BCUT2D eigenvalue weighted by molar-refractivity contribution is 5.71. The molecule has 0 rings (SSSR count). The fraction of sp³-hybridized carbons (Fsp3) is 0.761. The molecule has 0 aliphatic carbocycles. The topological polar surface area (TPSA) is 78.9 Å². The molecule has 0 bridgehead atoms. The highest BCUT2D eigenvalue weighted by atomic mass is 16.6. The van der Waals surface area contributed by atoms with Crippen molar-refractivity contribution in [3.05, 3.63) is 85.1 Å². The van der Waals surface area contributed by atoms with Crippen LogP contribution in [0.4, 0.5) is 0 Å². The zero-order valence-corrected chi connectivity index (χ0v) is 51.0. The van der Waals surface area contributed by atoms with Crippen LogP contribution in [-0.2, 0) is 28.6 Å². The molecular formula is C71H124O6. The lowest BCUT2D eigenvalue weighted by Crippen LogP contribution is -2.30. The van der Waals surface area contributed by atoms with Crippen LogP contribution in [0.1, 0.15) is 329 Å². The molecule has 0 heterocycles. The summed E-state index contributed by atoms with van der Waals surface area (Å²) in [6.45, 7) is 6.54. The maximum atomic E-state index is 12.9. The Morgan fingerprint density at radius 1 is 0.273 bits per heavy atom. The zero-order chi connectivity index (χ0) is 55.7. The van der Waals surface area contributed by atoms with Crippen molar-refractivity contribution < 1.29 is 28.6 Å². The van der Waals surface area contributed by atoms with Crippen LogP contribution < -0.4 is 0 Å². The lowest BCUT2D eigenvalue weighted by Gasteiger charge is -2.18. The lowest BCUT2D eigenvalue weighted by molar-refractivity contribution is -0.167. The van der Waals surface area contributed by atoms with Gasteiger partial charge in [-0.15, -0.1) is 0 Å². The van der Waals surface area contributed by atoms with Crippen LogP contribution in [-0.4, -0.2) is 37.2 Å². The molecule has 0 amide bonds. The predicted molar refractivity (Wildman–Crippen MR) is 334 cm³/mol. The summed E-state index contributed by atoms with van der Waals surface area (Å²) in [5, 5.41) is 0. The van der Waals surface area contributed by atoms with Crippen molar-refractivity contribution in [1.82, 2.24) is 0 Å². The van der Waals surface area contributed by atoms with E-state index in [4.69, 9.17) is 14.2 Å². The molecule has 0 spiro atoms. The molecule has 0 saturated heterocycles. The molecule has 1 atom stereocenters. The van der Waals surface area contributed by atoms with Crippen LogP contribution in [0.5, 0.6) is 0 Å². The Hall–Kier alpha value is -3.41. The molecule has 0 radical (unpaired) electrons. The first-order valence-electron chi connectivity index (χ1n) is 33.1. The molecule has 0 fully saturated rings. The molecule has 0 aromatic rings. The standard InChI is InChI=1S/C71H124O6/c1-4-7-10-13-16-19-22-25-28-29-30-31-32-33-34-35-36-37-38-39-40-41-42-43-44-47-49-52-55-58-61-64-70(73)76-67-68(77-71(74)65-62-59-56-53-50-46-27-24-21-18-15-12-9-6-3)66-75-69(72)63-60-57-54-51-48-45-26-23-20-17-14-11-8-5-2/h7,10,16,19,24-25,27-28,30-31,33-34,36-37,68H,4-6,8-9,11-15,17-18,20-23,26,29,32,35,38-67H2,1-3H3/b10-7-,19-16-,27-24-,28-25-,31-30-,34-33-,37-36-. The minimum absolute atomic E-state index is 0.0756. The van der Waals surface area contributed by atoms with Crippen molar-refractivity contribution in [2.75, 3.05) is 13.2 Å². The van der Waals surface area contributed by atoms with Gasteiger partial charge in [0.05, 0.1) is 0 Å². The van der Waals surface area contributed by atoms with Crippen molar-refractivity contribution in [2.45, 2.75) is 335 Å². The van der Waals surface area contributed by atoms with Gasteiger partial charge in [-0.1, -0.05) is 298 Å². The first-order chi connectivity index (χ1) is 38.0. The highest BCUT2D eigenvalue weighted by Crippen LogP contribution is 2.17. The minimum atomic E-state index is -0.779. The largest absolute Gasteiger partial charge is 0.462 e. The van der Waals surface area contributed by atoms with E-state index in [-0.39, 0.29) is 31.1 Å². The van der Waals surface area contributed by atoms with E-state index in [1.165, 1.54) is 180 Å². The molecule has 77 heavy (non-hydrogen) atoms. The van der Waals surface area contributed by atoms with Gasteiger partial charge in [0, 0.05) is 19.3 Å². The Kier molecular flexibility index (Phi) is 62.2. The van der Waals surface area contributed by atoms with Gasteiger partial charge in [-0.25, -0.2) is 0 Å². The number of carbonyl (C=O) groups is 3. The molecule has 6 nitrogen and oxygen atoms in total. The summed E-state index contributed by atoms with van der Waals surface area (Å²) in [6, 6.07) is 0. The Morgan fingerprint density at radius 3 is 0.805 bits per heavy atom. The second-order valence-electron chi connectivity index (χ2n) is 22.0. The van der Waals surface area contributed by atoms with E-state index < -0.39 is 6.10 Å². The third-order valence-corrected chi connectivity index (χ3v) is 14.4. The Morgan fingerprint density at radius 2 is 0.506 bits per heavy atom. The summed E-state index contributed by atoms with van der Waals surface area (Å²) in [5.74, 6) is -0.871. The van der Waals surface area contributed by atoms with Gasteiger partial charge in [0.25, 0.3) is 0 Å². The summed E-state index contributed by atoms with van der Waals surface area (Å²) in [5.41, 5.74) is 0. The molecule has 1 unspecified atom stereocenters. The molecule has 0 aliphatic heterocycles. The third kappa shape index (κ3) is 63.3. The van der Waals surface area contributed by atoms with Gasteiger partial charge in [0.2, 0.25) is 0 Å². The number of hydrogen-bond acceptors (Lipinski definition) is 6.